The van der Waals surface area contributed by atoms with E-state index in [4.69, 9.17) is 9.88 Å². The SMILES string of the molecule is CCCc1c(C2NN=CO2)cc(C(=O)N2CCCC2)nc1S(N)(=O)=O. The van der Waals surface area contributed by atoms with Crippen molar-refractivity contribution in [1.82, 2.24) is 15.3 Å². The third-order valence-electron chi connectivity index (χ3n) is 4.23. The molecule has 0 saturated carbocycles. The van der Waals surface area contributed by atoms with Gasteiger partial charge >= 0.3 is 0 Å². The van der Waals surface area contributed by atoms with Gasteiger partial charge in [0.2, 0.25) is 6.23 Å². The van der Waals surface area contributed by atoms with Gasteiger partial charge in [-0.3, -0.25) is 10.2 Å². The first kappa shape index (κ1) is 17.6. The molecule has 3 heterocycles. The lowest BCUT2D eigenvalue weighted by Crippen LogP contribution is -2.30. The van der Waals surface area contributed by atoms with Crippen LogP contribution in [0.4, 0.5) is 0 Å². The van der Waals surface area contributed by atoms with Gasteiger partial charge in [0.15, 0.2) is 11.4 Å². The van der Waals surface area contributed by atoms with E-state index < -0.39 is 16.3 Å². The lowest BCUT2D eigenvalue weighted by Gasteiger charge is -2.20. The van der Waals surface area contributed by atoms with Crippen LogP contribution in [0.5, 0.6) is 0 Å². The Morgan fingerprint density at radius 3 is 2.72 bits per heavy atom. The number of nitrogens with one attached hydrogen (secondary N) is 1. The molecule has 0 bridgehead atoms. The van der Waals surface area contributed by atoms with Crippen molar-refractivity contribution < 1.29 is 17.9 Å². The molecule has 3 N–H and O–H groups in total. The van der Waals surface area contributed by atoms with Crippen LogP contribution in [0.1, 0.15) is 54.0 Å². The molecule has 1 aromatic heterocycles. The second kappa shape index (κ2) is 6.96. The highest BCUT2D eigenvalue weighted by molar-refractivity contribution is 7.89. The molecular weight excluding hydrogens is 346 g/mol. The summed E-state index contributed by atoms with van der Waals surface area (Å²) in [4.78, 5) is 18.5. The van der Waals surface area contributed by atoms with Gasteiger partial charge in [-0.1, -0.05) is 13.3 Å². The maximum atomic E-state index is 12.7. The van der Waals surface area contributed by atoms with Gasteiger partial charge < -0.3 is 9.64 Å². The minimum atomic E-state index is -4.09. The average molecular weight is 367 g/mol. The Labute approximate surface area is 146 Å². The zero-order chi connectivity index (χ0) is 18.0. The zero-order valence-corrected chi connectivity index (χ0v) is 14.8. The first-order valence-corrected chi connectivity index (χ1v) is 9.75. The van der Waals surface area contributed by atoms with Crippen LogP contribution in [0.3, 0.4) is 0 Å². The maximum absolute atomic E-state index is 12.7. The van der Waals surface area contributed by atoms with Crippen molar-refractivity contribution >= 4 is 22.3 Å². The summed E-state index contributed by atoms with van der Waals surface area (Å²) in [6.45, 7) is 3.19. The summed E-state index contributed by atoms with van der Waals surface area (Å²) in [5, 5.41) is 8.89. The number of hydrogen-bond donors (Lipinski definition) is 2. The van der Waals surface area contributed by atoms with Crippen LogP contribution in [-0.4, -0.2) is 43.7 Å². The number of ether oxygens (including phenoxy) is 1. The van der Waals surface area contributed by atoms with Crippen molar-refractivity contribution in [3.63, 3.8) is 0 Å². The number of sulfonamides is 1. The Balaban J connectivity index is 2.13. The lowest BCUT2D eigenvalue weighted by atomic mass is 10.0. The maximum Gasteiger partial charge on any atom is 0.272 e. The molecule has 0 radical (unpaired) electrons. The highest BCUT2D eigenvalue weighted by atomic mass is 32.2. The van der Waals surface area contributed by atoms with Crippen molar-refractivity contribution in [2.24, 2.45) is 10.2 Å². The van der Waals surface area contributed by atoms with E-state index in [0.717, 1.165) is 12.8 Å². The number of nitrogens with zero attached hydrogens (tertiary/aromatic N) is 3. The number of hydrazone groups is 1. The van der Waals surface area contributed by atoms with Crippen molar-refractivity contribution in [3.05, 3.63) is 22.9 Å². The van der Waals surface area contributed by atoms with Gasteiger partial charge in [-0.2, -0.15) is 0 Å². The number of likely N-dealkylation sites (tertiary alicyclic amines) is 1. The van der Waals surface area contributed by atoms with Gasteiger partial charge in [0.25, 0.3) is 15.9 Å². The fourth-order valence-corrected chi connectivity index (χ4v) is 3.88. The second-order valence-corrected chi connectivity index (χ2v) is 7.53. The van der Waals surface area contributed by atoms with Crippen LogP contribution in [0.15, 0.2) is 16.2 Å². The van der Waals surface area contributed by atoms with Crippen molar-refractivity contribution in [2.75, 3.05) is 13.1 Å². The third-order valence-corrected chi connectivity index (χ3v) is 5.10. The summed E-state index contributed by atoms with van der Waals surface area (Å²) >= 11 is 0. The van der Waals surface area contributed by atoms with Gasteiger partial charge in [-0.25, -0.2) is 18.5 Å². The van der Waals surface area contributed by atoms with Crippen molar-refractivity contribution in [3.8, 4) is 0 Å². The summed E-state index contributed by atoms with van der Waals surface area (Å²) < 4.78 is 29.5. The van der Waals surface area contributed by atoms with Gasteiger partial charge in [-0.05, 0) is 30.9 Å². The molecule has 1 aromatic rings. The predicted octanol–water partition coefficient (Wildman–Crippen LogP) is 0.479. The topological polar surface area (TPSA) is 127 Å². The fourth-order valence-electron chi connectivity index (χ4n) is 3.09. The Kier molecular flexibility index (Phi) is 4.91. The molecule has 0 spiro atoms. The van der Waals surface area contributed by atoms with Crippen LogP contribution >= 0.6 is 0 Å². The molecule has 2 aliphatic heterocycles. The van der Waals surface area contributed by atoms with Crippen LogP contribution in [0, 0.1) is 0 Å². The highest BCUT2D eigenvalue weighted by Gasteiger charge is 2.30. The summed E-state index contributed by atoms with van der Waals surface area (Å²) in [6, 6.07) is 1.58. The van der Waals surface area contributed by atoms with Crippen LogP contribution < -0.4 is 10.6 Å². The van der Waals surface area contributed by atoms with Crippen LogP contribution in [0.2, 0.25) is 0 Å². The molecule has 0 aliphatic carbocycles. The van der Waals surface area contributed by atoms with E-state index >= 15 is 0 Å². The number of hydrogen-bond acceptors (Lipinski definition) is 7. The standard InChI is InChI=1S/C15H21N5O4S/c1-2-5-10-11(13-19-17-9-24-13)8-12(18-14(10)25(16,22)23)15(21)20-6-3-4-7-20/h8-9,13,19H,2-7H2,1H3,(H2,16,22,23). The smallest absolute Gasteiger partial charge is 0.272 e. The Morgan fingerprint density at radius 2 is 2.16 bits per heavy atom. The summed E-state index contributed by atoms with van der Waals surface area (Å²) in [7, 11) is -4.09. The summed E-state index contributed by atoms with van der Waals surface area (Å²) in [5.41, 5.74) is 3.76. The number of carbonyl (C=O) groups excluding carboxylic acids is 1. The largest absolute Gasteiger partial charge is 0.453 e. The molecular formula is C15H21N5O4S. The van der Waals surface area contributed by atoms with E-state index in [9.17, 15) is 13.2 Å². The van der Waals surface area contributed by atoms with E-state index in [1.165, 1.54) is 6.40 Å². The molecule has 25 heavy (non-hydrogen) atoms. The first-order valence-electron chi connectivity index (χ1n) is 8.20. The van der Waals surface area contributed by atoms with Crippen LogP contribution in [-0.2, 0) is 21.2 Å². The molecule has 3 rings (SSSR count). The number of rotatable bonds is 5. The number of nitrogens with two attached hydrogens (primary N) is 1. The summed E-state index contributed by atoms with van der Waals surface area (Å²) in [6.07, 6.45) is 3.54. The van der Waals surface area contributed by atoms with E-state index in [2.05, 4.69) is 15.5 Å². The average Bonchev–Trinajstić information content (AvgIpc) is 3.27. The molecule has 1 unspecified atom stereocenters. The van der Waals surface area contributed by atoms with Gasteiger partial charge in [-0.15, -0.1) is 5.10 Å². The van der Waals surface area contributed by atoms with Crippen molar-refractivity contribution in [1.29, 1.82) is 0 Å². The Bertz CT molecular complexity index is 794. The van der Waals surface area contributed by atoms with Gasteiger partial charge in [0.1, 0.15) is 5.69 Å². The monoisotopic (exact) mass is 367 g/mol. The zero-order valence-electron chi connectivity index (χ0n) is 13.9. The number of amides is 1. The highest BCUT2D eigenvalue weighted by Crippen LogP contribution is 2.28. The lowest BCUT2D eigenvalue weighted by molar-refractivity contribution is 0.0785. The van der Waals surface area contributed by atoms with Crippen molar-refractivity contribution in [2.45, 2.75) is 43.9 Å². The first-order chi connectivity index (χ1) is 11.9. The molecule has 1 atom stereocenters. The van der Waals surface area contributed by atoms with E-state index in [-0.39, 0.29) is 16.6 Å². The molecule has 2 aliphatic rings. The normalized spacial score (nSPS) is 19.8. The molecule has 0 aromatic carbocycles. The Hall–Kier alpha value is -2.20. The van der Waals surface area contributed by atoms with Gasteiger partial charge in [0.05, 0.1) is 0 Å². The Morgan fingerprint density at radius 1 is 1.44 bits per heavy atom. The second-order valence-electron chi connectivity index (χ2n) is 6.05. The van der Waals surface area contributed by atoms with E-state index in [0.29, 0.717) is 37.1 Å². The number of aromatic nitrogens is 1. The molecule has 1 saturated heterocycles. The minimum Gasteiger partial charge on any atom is -0.453 e. The number of carbonyl (C=O) groups is 1. The van der Waals surface area contributed by atoms with Crippen LogP contribution in [0.25, 0.3) is 0 Å². The summed E-state index contributed by atoms with van der Waals surface area (Å²) in [5.74, 6) is -0.300. The molecule has 136 valence electrons. The minimum absolute atomic E-state index is 0.0538. The number of pyridine rings is 1. The molecule has 1 fully saturated rings. The van der Waals surface area contributed by atoms with E-state index in [1.54, 1.807) is 11.0 Å². The quantitative estimate of drug-likeness (QED) is 0.779. The fraction of sp³-hybridized carbons (Fsp3) is 0.533. The molecule has 10 heteroatoms. The third kappa shape index (κ3) is 3.59. The van der Waals surface area contributed by atoms with Gasteiger partial charge in [0, 0.05) is 18.7 Å². The molecule has 1 amide bonds. The molecule has 9 nitrogen and oxygen atoms in total. The predicted molar refractivity (Wildman–Crippen MR) is 90.2 cm³/mol. The van der Waals surface area contributed by atoms with E-state index in [1.807, 2.05) is 6.92 Å². The number of primary sulfonamides is 1.